The number of fused-ring (bicyclic) bond motifs is 1. The van der Waals surface area contributed by atoms with Gasteiger partial charge in [-0.3, -0.25) is 0 Å². The molecule has 1 aliphatic heterocycles. The Balaban J connectivity index is 1.27. The molecule has 1 fully saturated rings. The number of thiazole rings is 1. The predicted molar refractivity (Wildman–Crippen MR) is 115 cm³/mol. The van der Waals surface area contributed by atoms with E-state index < -0.39 is 11.7 Å². The van der Waals surface area contributed by atoms with Gasteiger partial charge in [-0.25, -0.2) is 9.78 Å². The summed E-state index contributed by atoms with van der Waals surface area (Å²) in [5, 5.41) is 3.84. The molecule has 2 amide bonds. The largest absolute Gasteiger partial charge is 0.416 e. The van der Waals surface area contributed by atoms with Crippen LogP contribution in [0.3, 0.4) is 0 Å². The molecule has 8 heteroatoms. The maximum absolute atomic E-state index is 12.7. The van der Waals surface area contributed by atoms with Crippen molar-refractivity contribution in [3.8, 4) is 11.8 Å². The molecule has 1 aromatic heterocycles. The van der Waals surface area contributed by atoms with Crippen LogP contribution in [0.2, 0.25) is 0 Å². The molecule has 0 aliphatic carbocycles. The third-order valence-corrected chi connectivity index (χ3v) is 6.39. The lowest BCUT2D eigenvalue weighted by Crippen LogP contribution is -2.44. The lowest BCUT2D eigenvalue weighted by atomic mass is 9.98. The average Bonchev–Trinajstić information content (AvgIpc) is 3.21. The van der Waals surface area contributed by atoms with E-state index in [-0.39, 0.29) is 18.1 Å². The number of rotatable bonds is 2. The number of nitrogens with zero attached hydrogens (tertiary/aromatic N) is 2. The molecule has 2 heterocycles. The summed E-state index contributed by atoms with van der Waals surface area (Å²) in [5.41, 5.74) is 0.544. The minimum atomic E-state index is -4.40. The Hall–Kier alpha value is -3.05. The summed E-state index contributed by atoms with van der Waals surface area (Å²) in [7, 11) is 0. The van der Waals surface area contributed by atoms with E-state index in [1.54, 1.807) is 16.2 Å². The van der Waals surface area contributed by atoms with Gasteiger partial charge in [0.25, 0.3) is 0 Å². The minimum Gasteiger partial charge on any atom is -0.327 e. The van der Waals surface area contributed by atoms with Crippen molar-refractivity contribution in [3.63, 3.8) is 0 Å². The number of para-hydroxylation sites is 1. The molecule has 1 aliphatic rings. The van der Waals surface area contributed by atoms with E-state index in [1.165, 1.54) is 16.8 Å². The second kappa shape index (κ2) is 8.98. The highest BCUT2D eigenvalue weighted by atomic mass is 32.1. The molecule has 160 valence electrons. The number of piperidine rings is 1. The number of alkyl halides is 3. The van der Waals surface area contributed by atoms with Gasteiger partial charge in [0.05, 0.1) is 27.3 Å². The van der Waals surface area contributed by atoms with Crippen molar-refractivity contribution in [1.29, 1.82) is 0 Å². The fourth-order valence-electron chi connectivity index (χ4n) is 3.55. The van der Waals surface area contributed by atoms with E-state index >= 15 is 0 Å². The van der Waals surface area contributed by atoms with Crippen LogP contribution < -0.4 is 5.32 Å². The number of amides is 2. The van der Waals surface area contributed by atoms with Crippen LogP contribution >= 0.6 is 11.3 Å². The number of nitrogens with one attached hydrogen (secondary N) is 1. The highest BCUT2D eigenvalue weighted by Crippen LogP contribution is 2.33. The monoisotopic (exact) mass is 443 g/mol. The summed E-state index contributed by atoms with van der Waals surface area (Å²) >= 11 is 1.71. The molecule has 31 heavy (non-hydrogen) atoms. The predicted octanol–water partition coefficient (Wildman–Crippen LogP) is 5.26. The lowest BCUT2D eigenvalue weighted by Gasteiger charge is -2.30. The van der Waals surface area contributed by atoms with Crippen LogP contribution in [-0.4, -0.2) is 35.5 Å². The normalized spacial score (nSPS) is 14.9. The Bertz CT molecular complexity index is 1100. The van der Waals surface area contributed by atoms with Gasteiger partial charge in [-0.2, -0.15) is 13.2 Å². The topological polar surface area (TPSA) is 45.2 Å². The first-order chi connectivity index (χ1) is 14.9. The molecule has 3 aromatic rings. The number of carbonyl (C=O) groups excluding carboxylic acids is 1. The van der Waals surface area contributed by atoms with E-state index in [1.807, 2.05) is 18.2 Å². The summed E-state index contributed by atoms with van der Waals surface area (Å²) in [4.78, 5) is 18.8. The van der Waals surface area contributed by atoms with Crippen LogP contribution in [0.15, 0.2) is 48.5 Å². The third kappa shape index (κ3) is 5.17. The van der Waals surface area contributed by atoms with Crippen LogP contribution in [-0.2, 0) is 6.18 Å². The van der Waals surface area contributed by atoms with Gasteiger partial charge in [-0.15, -0.1) is 11.3 Å². The highest BCUT2D eigenvalue weighted by Gasteiger charge is 2.30. The van der Waals surface area contributed by atoms with Crippen LogP contribution in [0.4, 0.5) is 18.0 Å². The van der Waals surface area contributed by atoms with Crippen molar-refractivity contribution < 1.29 is 18.0 Å². The van der Waals surface area contributed by atoms with Crippen molar-refractivity contribution in [2.24, 2.45) is 0 Å². The summed E-state index contributed by atoms with van der Waals surface area (Å²) in [6.07, 6.45) is -2.70. The number of benzene rings is 2. The third-order valence-electron chi connectivity index (χ3n) is 5.19. The van der Waals surface area contributed by atoms with E-state index in [4.69, 9.17) is 4.98 Å². The van der Waals surface area contributed by atoms with Gasteiger partial charge in [-0.05, 0) is 43.2 Å². The van der Waals surface area contributed by atoms with Gasteiger partial charge in [0.15, 0.2) is 0 Å². The number of carbonyl (C=O) groups is 1. The average molecular weight is 443 g/mol. The molecule has 1 saturated heterocycles. The standard InChI is InChI=1S/C23H20F3N3OS/c24-23(25,26)18-7-3-5-16(15-18)6-4-12-27-22(30)29-13-10-17(11-14-29)21-28-19-8-1-2-9-20(19)31-21/h1-3,5,7-9,15,17H,10-14H2,(H,27,30). The van der Waals surface area contributed by atoms with Crippen LogP contribution in [0.25, 0.3) is 10.2 Å². The lowest BCUT2D eigenvalue weighted by molar-refractivity contribution is -0.137. The number of hydrogen-bond acceptors (Lipinski definition) is 3. The van der Waals surface area contributed by atoms with Crippen molar-refractivity contribution in [2.45, 2.75) is 24.9 Å². The Morgan fingerprint density at radius 1 is 1.16 bits per heavy atom. The zero-order valence-corrected chi connectivity index (χ0v) is 17.4. The molecule has 0 unspecified atom stereocenters. The number of urea groups is 1. The van der Waals surface area contributed by atoms with Crippen molar-refractivity contribution >= 4 is 27.6 Å². The molecule has 0 atom stereocenters. The SMILES string of the molecule is O=C(NCC#Cc1cccc(C(F)(F)F)c1)N1CCC(c2nc3ccccc3s2)CC1. The van der Waals surface area contributed by atoms with Crippen molar-refractivity contribution in [2.75, 3.05) is 19.6 Å². The summed E-state index contributed by atoms with van der Waals surface area (Å²) in [6.45, 7) is 1.34. The van der Waals surface area contributed by atoms with Gasteiger partial charge in [-0.1, -0.05) is 30.0 Å². The van der Waals surface area contributed by atoms with Crippen LogP contribution in [0.5, 0.6) is 0 Å². The van der Waals surface area contributed by atoms with E-state index in [2.05, 4.69) is 23.2 Å². The van der Waals surface area contributed by atoms with E-state index in [0.29, 0.717) is 19.0 Å². The van der Waals surface area contributed by atoms with Crippen molar-refractivity contribution in [1.82, 2.24) is 15.2 Å². The first-order valence-electron chi connectivity index (χ1n) is 9.94. The second-order valence-corrected chi connectivity index (χ2v) is 8.38. The van der Waals surface area contributed by atoms with Gasteiger partial charge in [0.2, 0.25) is 0 Å². The summed E-state index contributed by atoms with van der Waals surface area (Å²) in [5.74, 6) is 5.73. The highest BCUT2D eigenvalue weighted by molar-refractivity contribution is 7.18. The number of likely N-dealkylation sites (tertiary alicyclic amines) is 1. The van der Waals surface area contributed by atoms with E-state index in [0.717, 1.165) is 35.5 Å². The minimum absolute atomic E-state index is 0.0763. The van der Waals surface area contributed by atoms with Gasteiger partial charge in [0, 0.05) is 24.6 Å². The molecular formula is C23H20F3N3OS. The second-order valence-electron chi connectivity index (χ2n) is 7.32. The molecular weight excluding hydrogens is 423 g/mol. The smallest absolute Gasteiger partial charge is 0.327 e. The maximum atomic E-state index is 12.7. The van der Waals surface area contributed by atoms with E-state index in [9.17, 15) is 18.0 Å². The summed E-state index contributed by atoms with van der Waals surface area (Å²) in [6, 6.07) is 12.7. The van der Waals surface area contributed by atoms with Crippen molar-refractivity contribution in [3.05, 3.63) is 64.7 Å². The van der Waals surface area contributed by atoms with Crippen LogP contribution in [0.1, 0.15) is 34.9 Å². The number of halogens is 3. The Morgan fingerprint density at radius 2 is 1.94 bits per heavy atom. The molecule has 0 saturated carbocycles. The fraction of sp³-hybridized carbons (Fsp3) is 0.304. The number of hydrogen-bond donors (Lipinski definition) is 1. The first-order valence-corrected chi connectivity index (χ1v) is 10.8. The quantitative estimate of drug-likeness (QED) is 0.550. The Morgan fingerprint density at radius 3 is 2.68 bits per heavy atom. The zero-order chi connectivity index (χ0) is 21.8. The molecule has 1 N–H and O–H groups in total. The Kier molecular flexibility index (Phi) is 6.14. The molecule has 0 radical (unpaired) electrons. The number of aromatic nitrogens is 1. The molecule has 2 aromatic carbocycles. The molecule has 0 spiro atoms. The fourth-order valence-corrected chi connectivity index (χ4v) is 4.68. The summed E-state index contributed by atoms with van der Waals surface area (Å²) < 4.78 is 39.4. The maximum Gasteiger partial charge on any atom is 0.416 e. The van der Waals surface area contributed by atoms with Gasteiger partial charge < -0.3 is 10.2 Å². The first kappa shape index (κ1) is 21.2. The van der Waals surface area contributed by atoms with Gasteiger partial charge in [0.1, 0.15) is 0 Å². The molecule has 4 nitrogen and oxygen atoms in total. The molecule has 4 rings (SSSR count). The Labute approximate surface area is 182 Å². The molecule has 0 bridgehead atoms. The van der Waals surface area contributed by atoms with Gasteiger partial charge >= 0.3 is 12.2 Å². The zero-order valence-electron chi connectivity index (χ0n) is 16.6. The van der Waals surface area contributed by atoms with Crippen LogP contribution in [0, 0.1) is 11.8 Å².